The first-order valence-electron chi connectivity index (χ1n) is 10.8. The second-order valence-corrected chi connectivity index (χ2v) is 10.2. The van der Waals surface area contributed by atoms with E-state index in [1.165, 1.54) is 11.8 Å². The molecule has 1 heterocycles. The van der Waals surface area contributed by atoms with Crippen molar-refractivity contribution in [2.45, 2.75) is 56.9 Å². The minimum Gasteiger partial charge on any atom is -0.355 e. The molecule has 1 amide bonds. The van der Waals surface area contributed by atoms with Gasteiger partial charge in [0.1, 0.15) is 0 Å². The fraction of sp³-hybridized carbons (Fsp3) is 0.682. The van der Waals surface area contributed by atoms with Crippen LogP contribution in [-0.2, 0) is 21.1 Å². The minimum atomic E-state index is -3.14. The maximum Gasteiger partial charge on any atom is 0.221 e. The van der Waals surface area contributed by atoms with Gasteiger partial charge in [-0.3, -0.25) is 4.79 Å². The van der Waals surface area contributed by atoms with E-state index in [4.69, 9.17) is 0 Å². The molecule has 1 saturated heterocycles. The Morgan fingerprint density at radius 1 is 1.10 bits per heavy atom. The highest BCUT2D eigenvalue weighted by atomic mass is 35.5. The van der Waals surface area contributed by atoms with Gasteiger partial charge in [0.2, 0.25) is 5.91 Å². The van der Waals surface area contributed by atoms with Crippen molar-refractivity contribution in [1.29, 1.82) is 0 Å². The lowest BCUT2D eigenvalue weighted by Gasteiger charge is -2.29. The SMILES string of the molecule is CCCN(CCCCN1CCNC(=O)CC1)[C@@H](C)Cc1ccc(S(C)(=O)=O)cc1.Cl.Cl. The largest absolute Gasteiger partial charge is 0.355 e. The molecule has 1 aliphatic rings. The molecule has 1 fully saturated rings. The Morgan fingerprint density at radius 2 is 1.77 bits per heavy atom. The van der Waals surface area contributed by atoms with Crippen molar-refractivity contribution < 1.29 is 13.2 Å². The van der Waals surface area contributed by atoms with E-state index < -0.39 is 9.84 Å². The summed E-state index contributed by atoms with van der Waals surface area (Å²) in [4.78, 5) is 16.7. The molecule has 180 valence electrons. The number of unbranched alkanes of at least 4 members (excludes halogenated alkanes) is 1. The van der Waals surface area contributed by atoms with Gasteiger partial charge in [-0.05, 0) is 69.9 Å². The average Bonchev–Trinajstić information content (AvgIpc) is 2.88. The third-order valence-corrected chi connectivity index (χ3v) is 6.72. The van der Waals surface area contributed by atoms with Crippen molar-refractivity contribution in [2.75, 3.05) is 45.5 Å². The number of amides is 1. The summed E-state index contributed by atoms with van der Waals surface area (Å²) in [5.74, 6) is 0.167. The third-order valence-electron chi connectivity index (χ3n) is 5.59. The summed E-state index contributed by atoms with van der Waals surface area (Å²) >= 11 is 0. The van der Waals surface area contributed by atoms with Crippen molar-refractivity contribution >= 4 is 40.6 Å². The van der Waals surface area contributed by atoms with Crippen LogP contribution in [0.25, 0.3) is 0 Å². The molecule has 9 heteroatoms. The predicted octanol–water partition coefficient (Wildman–Crippen LogP) is 3.18. The van der Waals surface area contributed by atoms with Gasteiger partial charge in [0.15, 0.2) is 9.84 Å². The fourth-order valence-electron chi connectivity index (χ4n) is 3.87. The van der Waals surface area contributed by atoms with E-state index in [0.29, 0.717) is 17.4 Å². The molecule has 0 aliphatic carbocycles. The lowest BCUT2D eigenvalue weighted by atomic mass is 10.1. The summed E-state index contributed by atoms with van der Waals surface area (Å²) in [6.07, 6.45) is 6.19. The molecule has 1 aromatic rings. The molecule has 2 rings (SSSR count). The lowest BCUT2D eigenvalue weighted by molar-refractivity contribution is -0.120. The number of hydrogen-bond acceptors (Lipinski definition) is 5. The number of nitrogens with zero attached hydrogens (tertiary/aromatic N) is 2. The summed E-state index contributed by atoms with van der Waals surface area (Å²) in [5, 5.41) is 2.93. The quantitative estimate of drug-likeness (QED) is 0.477. The summed E-state index contributed by atoms with van der Waals surface area (Å²) < 4.78 is 23.2. The smallest absolute Gasteiger partial charge is 0.221 e. The summed E-state index contributed by atoms with van der Waals surface area (Å²) in [7, 11) is -3.14. The highest BCUT2D eigenvalue weighted by Crippen LogP contribution is 2.15. The van der Waals surface area contributed by atoms with E-state index >= 15 is 0 Å². The van der Waals surface area contributed by atoms with Crippen LogP contribution in [0, 0.1) is 0 Å². The topological polar surface area (TPSA) is 69.7 Å². The minimum absolute atomic E-state index is 0. The molecular weight excluding hydrogens is 457 g/mol. The van der Waals surface area contributed by atoms with E-state index in [2.05, 4.69) is 29.0 Å². The van der Waals surface area contributed by atoms with Gasteiger partial charge in [0.25, 0.3) is 0 Å². The zero-order chi connectivity index (χ0) is 21.3. The number of carbonyl (C=O) groups excluding carboxylic acids is 1. The fourth-order valence-corrected chi connectivity index (χ4v) is 4.50. The van der Waals surface area contributed by atoms with Gasteiger partial charge in [0.05, 0.1) is 4.90 Å². The molecule has 0 aromatic heterocycles. The van der Waals surface area contributed by atoms with Crippen LogP contribution >= 0.6 is 24.8 Å². The van der Waals surface area contributed by atoms with Crippen LogP contribution in [0.1, 0.15) is 45.1 Å². The second-order valence-electron chi connectivity index (χ2n) is 8.15. The van der Waals surface area contributed by atoms with Gasteiger partial charge >= 0.3 is 0 Å². The van der Waals surface area contributed by atoms with Crippen LogP contribution < -0.4 is 5.32 Å². The van der Waals surface area contributed by atoms with Crippen molar-refractivity contribution in [2.24, 2.45) is 0 Å². The van der Waals surface area contributed by atoms with Crippen LogP contribution in [0.3, 0.4) is 0 Å². The monoisotopic (exact) mass is 495 g/mol. The number of halogens is 2. The zero-order valence-corrected chi connectivity index (χ0v) is 21.5. The molecule has 0 saturated carbocycles. The van der Waals surface area contributed by atoms with Gasteiger partial charge in [-0.15, -0.1) is 24.8 Å². The molecule has 0 spiro atoms. The van der Waals surface area contributed by atoms with E-state index in [1.807, 2.05) is 12.1 Å². The highest BCUT2D eigenvalue weighted by molar-refractivity contribution is 7.90. The van der Waals surface area contributed by atoms with Crippen molar-refractivity contribution in [3.05, 3.63) is 29.8 Å². The Balaban J connectivity index is 0.00000450. The van der Waals surface area contributed by atoms with Gasteiger partial charge in [-0.2, -0.15) is 0 Å². The summed E-state index contributed by atoms with van der Waals surface area (Å²) in [5.41, 5.74) is 1.17. The van der Waals surface area contributed by atoms with E-state index in [9.17, 15) is 13.2 Å². The Kier molecular flexibility index (Phi) is 14.6. The number of benzene rings is 1. The molecule has 1 N–H and O–H groups in total. The molecule has 0 radical (unpaired) electrons. The highest BCUT2D eigenvalue weighted by Gasteiger charge is 2.16. The first-order valence-corrected chi connectivity index (χ1v) is 12.7. The Morgan fingerprint density at radius 3 is 2.39 bits per heavy atom. The number of carbonyl (C=O) groups is 1. The maximum absolute atomic E-state index is 11.6. The average molecular weight is 497 g/mol. The summed E-state index contributed by atoms with van der Waals surface area (Å²) in [6, 6.07) is 7.71. The molecule has 0 unspecified atom stereocenters. The number of nitrogens with one attached hydrogen (secondary N) is 1. The van der Waals surface area contributed by atoms with Crippen molar-refractivity contribution in [3.63, 3.8) is 0 Å². The normalized spacial score (nSPS) is 16.1. The number of hydrogen-bond donors (Lipinski definition) is 1. The lowest BCUT2D eigenvalue weighted by Crippen LogP contribution is -2.36. The van der Waals surface area contributed by atoms with E-state index in [1.54, 1.807) is 12.1 Å². The van der Waals surface area contributed by atoms with Crippen LogP contribution in [-0.4, -0.2) is 75.7 Å². The first kappa shape index (κ1) is 30.1. The molecule has 1 aromatic carbocycles. The Hall–Kier alpha value is -0.860. The van der Waals surface area contributed by atoms with Crippen molar-refractivity contribution in [1.82, 2.24) is 15.1 Å². The van der Waals surface area contributed by atoms with E-state index in [-0.39, 0.29) is 30.7 Å². The van der Waals surface area contributed by atoms with Gasteiger partial charge in [-0.1, -0.05) is 19.1 Å². The van der Waals surface area contributed by atoms with Crippen molar-refractivity contribution in [3.8, 4) is 0 Å². The third kappa shape index (κ3) is 11.0. The molecule has 1 aliphatic heterocycles. The summed E-state index contributed by atoms with van der Waals surface area (Å²) in [6.45, 7) is 10.2. The van der Waals surface area contributed by atoms with Gasteiger partial charge < -0.3 is 15.1 Å². The first-order chi connectivity index (χ1) is 13.8. The Bertz CT molecular complexity index is 745. The molecular formula is C22H39Cl2N3O3S. The number of rotatable bonds is 11. The second kappa shape index (κ2) is 15.1. The van der Waals surface area contributed by atoms with Crippen LogP contribution in [0.4, 0.5) is 0 Å². The van der Waals surface area contributed by atoms with Crippen LogP contribution in [0.2, 0.25) is 0 Å². The maximum atomic E-state index is 11.6. The van der Waals surface area contributed by atoms with Gasteiger partial charge in [-0.25, -0.2) is 8.42 Å². The standard InChI is InChI=1S/C22H37N3O3S.2ClH/c1-4-13-25(15-6-5-14-24-16-11-22(26)23-12-17-24)19(2)18-20-7-9-21(10-8-20)29(3,27)28;;/h7-10,19H,4-6,11-18H2,1-3H3,(H,23,26);2*1H/t19-;;/m0../s1. The van der Waals surface area contributed by atoms with Gasteiger partial charge in [0, 0.05) is 38.4 Å². The zero-order valence-electron chi connectivity index (χ0n) is 19.0. The molecule has 6 nitrogen and oxygen atoms in total. The number of sulfone groups is 1. The predicted molar refractivity (Wildman–Crippen MR) is 132 cm³/mol. The Labute approximate surface area is 200 Å². The molecule has 1 atom stereocenters. The molecule has 0 bridgehead atoms. The van der Waals surface area contributed by atoms with E-state index in [0.717, 1.165) is 65.0 Å². The molecule has 31 heavy (non-hydrogen) atoms. The van der Waals surface area contributed by atoms with Crippen LogP contribution in [0.15, 0.2) is 29.2 Å². The van der Waals surface area contributed by atoms with Crippen LogP contribution in [0.5, 0.6) is 0 Å².